The normalized spacial score (nSPS) is 10.5. The lowest BCUT2D eigenvalue weighted by atomic mass is 10.1. The number of nitrogens with zero attached hydrogens (tertiary/aromatic N) is 1. The van der Waals surface area contributed by atoms with Crippen molar-refractivity contribution in [3.05, 3.63) is 71.5 Å². The third-order valence-electron chi connectivity index (χ3n) is 3.70. The maximum atomic E-state index is 13.6. The van der Waals surface area contributed by atoms with E-state index in [9.17, 15) is 9.18 Å². The van der Waals surface area contributed by atoms with Crippen LogP contribution in [0.2, 0.25) is 0 Å². The first kappa shape index (κ1) is 17.2. The summed E-state index contributed by atoms with van der Waals surface area (Å²) >= 11 is 0. The Morgan fingerprint density at radius 3 is 2.48 bits per heavy atom. The van der Waals surface area contributed by atoms with E-state index in [1.165, 1.54) is 6.07 Å². The third kappa shape index (κ3) is 5.49. The number of halogens is 1. The Kier molecular flexibility index (Phi) is 6.76. The first-order valence-corrected chi connectivity index (χ1v) is 7.74. The first-order valence-electron chi connectivity index (χ1n) is 7.74. The Balaban J connectivity index is 1.97. The van der Waals surface area contributed by atoms with Crippen LogP contribution in [0.3, 0.4) is 0 Å². The van der Waals surface area contributed by atoms with Gasteiger partial charge in [-0.05, 0) is 23.6 Å². The minimum absolute atomic E-state index is 0.00848. The van der Waals surface area contributed by atoms with Crippen LogP contribution < -0.4 is 0 Å². The number of carbonyl (C=O) groups excluding carboxylic acids is 1. The molecule has 0 spiro atoms. The van der Waals surface area contributed by atoms with Gasteiger partial charge < -0.3 is 9.64 Å². The van der Waals surface area contributed by atoms with E-state index in [1.54, 1.807) is 30.2 Å². The molecule has 23 heavy (non-hydrogen) atoms. The smallest absolute Gasteiger partial charge is 0.223 e. The van der Waals surface area contributed by atoms with E-state index in [2.05, 4.69) is 0 Å². The standard InChI is InChI=1S/C19H22FNO2/c1-23-14-13-21(15-16-7-3-2-4-8-16)19(22)12-11-17-9-5-6-10-18(17)20/h2-10H,11-15H2,1H3. The molecule has 122 valence electrons. The van der Waals surface area contributed by atoms with Crippen LogP contribution in [0.15, 0.2) is 54.6 Å². The Labute approximate surface area is 136 Å². The molecule has 1 amide bonds. The largest absolute Gasteiger partial charge is 0.383 e. The van der Waals surface area contributed by atoms with Crippen molar-refractivity contribution in [1.82, 2.24) is 4.90 Å². The highest BCUT2D eigenvalue weighted by Crippen LogP contribution is 2.12. The van der Waals surface area contributed by atoms with Crippen molar-refractivity contribution in [1.29, 1.82) is 0 Å². The van der Waals surface area contributed by atoms with Crippen molar-refractivity contribution in [3.8, 4) is 0 Å². The quantitative estimate of drug-likeness (QED) is 0.747. The predicted molar refractivity (Wildman–Crippen MR) is 88.5 cm³/mol. The van der Waals surface area contributed by atoms with Gasteiger partial charge in [0.1, 0.15) is 5.82 Å². The molecule has 0 aliphatic heterocycles. The highest BCUT2D eigenvalue weighted by molar-refractivity contribution is 5.76. The zero-order chi connectivity index (χ0) is 16.5. The van der Waals surface area contributed by atoms with Gasteiger partial charge in [-0.1, -0.05) is 48.5 Å². The number of benzene rings is 2. The van der Waals surface area contributed by atoms with Gasteiger partial charge in [0.2, 0.25) is 5.91 Å². The maximum absolute atomic E-state index is 13.6. The number of amides is 1. The number of hydrogen-bond donors (Lipinski definition) is 0. The minimum atomic E-state index is -0.258. The summed E-state index contributed by atoms with van der Waals surface area (Å²) in [7, 11) is 1.62. The molecule has 0 heterocycles. The summed E-state index contributed by atoms with van der Waals surface area (Å²) in [6.45, 7) is 1.56. The molecule has 0 saturated heterocycles. The summed E-state index contributed by atoms with van der Waals surface area (Å²) in [5.74, 6) is -0.249. The van der Waals surface area contributed by atoms with Gasteiger partial charge in [-0.3, -0.25) is 4.79 Å². The van der Waals surface area contributed by atoms with E-state index in [-0.39, 0.29) is 18.1 Å². The fraction of sp³-hybridized carbons (Fsp3) is 0.316. The number of methoxy groups -OCH3 is 1. The fourth-order valence-electron chi connectivity index (χ4n) is 2.40. The molecule has 0 atom stereocenters. The fourth-order valence-corrected chi connectivity index (χ4v) is 2.40. The lowest BCUT2D eigenvalue weighted by Gasteiger charge is -2.22. The Morgan fingerprint density at radius 1 is 1.09 bits per heavy atom. The van der Waals surface area contributed by atoms with Crippen LogP contribution in [0.4, 0.5) is 4.39 Å². The highest BCUT2D eigenvalue weighted by atomic mass is 19.1. The topological polar surface area (TPSA) is 29.5 Å². The zero-order valence-electron chi connectivity index (χ0n) is 13.4. The number of aryl methyl sites for hydroxylation is 1. The van der Waals surface area contributed by atoms with Gasteiger partial charge in [0.15, 0.2) is 0 Å². The van der Waals surface area contributed by atoms with Crippen LogP contribution in [0.5, 0.6) is 0 Å². The molecular formula is C19H22FNO2. The monoisotopic (exact) mass is 315 g/mol. The summed E-state index contributed by atoms with van der Waals surface area (Å²) < 4.78 is 18.7. The molecule has 0 unspecified atom stereocenters. The van der Waals surface area contributed by atoms with Gasteiger partial charge in [0.25, 0.3) is 0 Å². The third-order valence-corrected chi connectivity index (χ3v) is 3.70. The zero-order valence-corrected chi connectivity index (χ0v) is 13.4. The average Bonchev–Trinajstić information content (AvgIpc) is 2.58. The molecule has 2 rings (SSSR count). The molecule has 3 nitrogen and oxygen atoms in total. The second kappa shape index (κ2) is 9.06. The number of hydrogen-bond acceptors (Lipinski definition) is 2. The number of carbonyl (C=O) groups is 1. The van der Waals surface area contributed by atoms with Crippen LogP contribution in [0.1, 0.15) is 17.5 Å². The summed E-state index contributed by atoms with van der Waals surface area (Å²) in [5.41, 5.74) is 1.65. The Morgan fingerprint density at radius 2 is 1.78 bits per heavy atom. The molecule has 0 N–H and O–H groups in total. The van der Waals surface area contributed by atoms with Crippen molar-refractivity contribution < 1.29 is 13.9 Å². The molecule has 0 aliphatic carbocycles. The van der Waals surface area contributed by atoms with E-state index >= 15 is 0 Å². The lowest BCUT2D eigenvalue weighted by Crippen LogP contribution is -2.33. The molecule has 2 aromatic rings. The second-order valence-electron chi connectivity index (χ2n) is 5.39. The molecular weight excluding hydrogens is 293 g/mol. The summed E-state index contributed by atoms with van der Waals surface area (Å²) in [6, 6.07) is 16.4. The SMILES string of the molecule is COCCN(Cc1ccccc1)C(=O)CCc1ccccc1F. The van der Waals surface area contributed by atoms with Crippen LogP contribution in [-0.4, -0.2) is 31.1 Å². The van der Waals surface area contributed by atoms with E-state index < -0.39 is 0 Å². The molecule has 4 heteroatoms. The predicted octanol–water partition coefficient (Wildman–Crippen LogP) is 3.43. The van der Waals surface area contributed by atoms with Crippen LogP contribution in [0, 0.1) is 5.82 Å². The highest BCUT2D eigenvalue weighted by Gasteiger charge is 2.14. The summed E-state index contributed by atoms with van der Waals surface area (Å²) in [5, 5.41) is 0. The van der Waals surface area contributed by atoms with Gasteiger partial charge in [0.05, 0.1) is 6.61 Å². The maximum Gasteiger partial charge on any atom is 0.223 e. The van der Waals surface area contributed by atoms with Gasteiger partial charge >= 0.3 is 0 Å². The van der Waals surface area contributed by atoms with Crippen molar-refractivity contribution >= 4 is 5.91 Å². The van der Waals surface area contributed by atoms with Crippen molar-refractivity contribution in [3.63, 3.8) is 0 Å². The van der Waals surface area contributed by atoms with Crippen LogP contribution in [-0.2, 0) is 22.5 Å². The molecule has 0 aromatic heterocycles. The van der Waals surface area contributed by atoms with Crippen molar-refractivity contribution in [2.45, 2.75) is 19.4 Å². The first-order chi connectivity index (χ1) is 11.2. The van der Waals surface area contributed by atoms with E-state index in [4.69, 9.17) is 4.74 Å². The van der Waals surface area contributed by atoms with Crippen LogP contribution in [0.25, 0.3) is 0 Å². The van der Waals surface area contributed by atoms with Gasteiger partial charge in [0, 0.05) is 26.6 Å². The summed E-state index contributed by atoms with van der Waals surface area (Å²) in [6.07, 6.45) is 0.696. The lowest BCUT2D eigenvalue weighted by molar-refractivity contribution is -0.132. The second-order valence-corrected chi connectivity index (χ2v) is 5.39. The van der Waals surface area contributed by atoms with Crippen molar-refractivity contribution in [2.24, 2.45) is 0 Å². The van der Waals surface area contributed by atoms with Gasteiger partial charge in [-0.2, -0.15) is 0 Å². The molecule has 0 saturated carbocycles. The molecule has 0 bridgehead atoms. The Bertz CT molecular complexity index is 616. The van der Waals surface area contributed by atoms with E-state index in [1.807, 2.05) is 30.3 Å². The van der Waals surface area contributed by atoms with E-state index in [0.29, 0.717) is 31.7 Å². The van der Waals surface area contributed by atoms with Gasteiger partial charge in [-0.25, -0.2) is 4.39 Å². The molecule has 0 radical (unpaired) electrons. The number of rotatable bonds is 8. The van der Waals surface area contributed by atoms with Gasteiger partial charge in [-0.15, -0.1) is 0 Å². The number of ether oxygens (including phenoxy) is 1. The average molecular weight is 315 g/mol. The summed E-state index contributed by atoms with van der Waals surface area (Å²) in [4.78, 5) is 14.2. The van der Waals surface area contributed by atoms with Crippen LogP contribution >= 0.6 is 0 Å². The minimum Gasteiger partial charge on any atom is -0.383 e. The molecule has 0 aliphatic rings. The Hall–Kier alpha value is -2.20. The van der Waals surface area contributed by atoms with Crippen molar-refractivity contribution in [2.75, 3.05) is 20.3 Å². The molecule has 0 fully saturated rings. The molecule has 2 aromatic carbocycles. The van der Waals surface area contributed by atoms with E-state index in [0.717, 1.165) is 5.56 Å².